The summed E-state index contributed by atoms with van der Waals surface area (Å²) in [6.45, 7) is 8.71. The normalized spacial score (nSPS) is 20.5. The molecule has 0 saturated heterocycles. The zero-order valence-electron chi connectivity index (χ0n) is 11.3. The Labute approximate surface area is 121 Å². The van der Waals surface area contributed by atoms with Gasteiger partial charge < -0.3 is 4.43 Å². The van der Waals surface area contributed by atoms with Crippen LogP contribution in [0.1, 0.15) is 32.6 Å². The summed E-state index contributed by atoms with van der Waals surface area (Å²) >= 11 is 2.29. The minimum absolute atomic E-state index is 0.265. The minimum Gasteiger partial charge on any atom is -0.411 e. The van der Waals surface area contributed by atoms with E-state index in [1.807, 2.05) is 6.92 Å². The molecule has 0 amide bonds. The van der Waals surface area contributed by atoms with E-state index in [9.17, 15) is 0 Å². The fraction of sp³-hybridized carbons (Fsp3) is 0.714. The van der Waals surface area contributed by atoms with Gasteiger partial charge in [0.2, 0.25) is 0 Å². The van der Waals surface area contributed by atoms with Gasteiger partial charge in [-0.3, -0.25) is 0 Å². The van der Waals surface area contributed by atoms with E-state index in [1.165, 1.54) is 19.3 Å². The third kappa shape index (κ3) is 4.42. The second kappa shape index (κ2) is 6.40. The summed E-state index contributed by atoms with van der Waals surface area (Å²) in [5.74, 6) is 6.30. The predicted molar refractivity (Wildman–Crippen MR) is 85.7 cm³/mol. The highest BCUT2D eigenvalue weighted by molar-refractivity contribution is 14.1. The van der Waals surface area contributed by atoms with E-state index in [-0.39, 0.29) is 6.10 Å². The first kappa shape index (κ1) is 15.3. The van der Waals surface area contributed by atoms with Gasteiger partial charge in [-0.15, -0.1) is 11.8 Å². The summed E-state index contributed by atoms with van der Waals surface area (Å²) in [5.41, 5.74) is 0.297. The van der Waals surface area contributed by atoms with Gasteiger partial charge in [0.25, 0.3) is 0 Å². The molecule has 0 heterocycles. The van der Waals surface area contributed by atoms with Crippen molar-refractivity contribution < 1.29 is 4.43 Å². The first-order valence-electron chi connectivity index (χ1n) is 6.28. The Hall–Kier alpha value is 0.207. The molecule has 0 aromatic carbocycles. The summed E-state index contributed by atoms with van der Waals surface area (Å²) in [5, 5.41) is 0. The Morgan fingerprint density at radius 1 is 1.41 bits per heavy atom. The van der Waals surface area contributed by atoms with Crippen molar-refractivity contribution in [2.24, 2.45) is 5.41 Å². The maximum Gasteiger partial charge on any atom is 0.184 e. The van der Waals surface area contributed by atoms with Crippen molar-refractivity contribution in [3.8, 4) is 11.8 Å². The van der Waals surface area contributed by atoms with Crippen LogP contribution in [0.25, 0.3) is 0 Å². The lowest BCUT2D eigenvalue weighted by Gasteiger charge is -2.47. The summed E-state index contributed by atoms with van der Waals surface area (Å²) in [6.07, 6.45) is 7.33. The van der Waals surface area contributed by atoms with Crippen molar-refractivity contribution >= 4 is 30.9 Å². The van der Waals surface area contributed by atoms with Gasteiger partial charge in [0.1, 0.15) is 0 Å². The molecule has 1 fully saturated rings. The van der Waals surface area contributed by atoms with Gasteiger partial charge in [-0.05, 0) is 43.5 Å². The van der Waals surface area contributed by atoms with Crippen molar-refractivity contribution in [3.05, 3.63) is 10.2 Å². The van der Waals surface area contributed by atoms with Gasteiger partial charge in [0.05, 0.1) is 6.10 Å². The molecule has 0 aromatic heterocycles. The third-order valence-corrected chi connectivity index (χ3v) is 4.67. The molecule has 1 unspecified atom stereocenters. The molecule has 1 rings (SSSR count). The molecule has 1 aliphatic carbocycles. The topological polar surface area (TPSA) is 9.23 Å². The Kier molecular flexibility index (Phi) is 5.74. The average Bonchev–Trinajstić information content (AvgIpc) is 2.14. The van der Waals surface area contributed by atoms with E-state index < -0.39 is 8.32 Å². The van der Waals surface area contributed by atoms with Crippen LogP contribution < -0.4 is 0 Å². The molecule has 0 radical (unpaired) electrons. The summed E-state index contributed by atoms with van der Waals surface area (Å²) < 4.78 is 8.46. The zero-order chi connectivity index (χ0) is 12.9. The Morgan fingerprint density at radius 2 is 2.06 bits per heavy atom. The van der Waals surface area contributed by atoms with Crippen molar-refractivity contribution in [2.45, 2.75) is 58.4 Å². The van der Waals surface area contributed by atoms with Crippen LogP contribution in [0.5, 0.6) is 0 Å². The van der Waals surface area contributed by atoms with Gasteiger partial charge in [0, 0.05) is 11.8 Å². The highest BCUT2D eigenvalue weighted by Crippen LogP contribution is 2.49. The molecule has 1 atom stereocenters. The monoisotopic (exact) mass is 362 g/mol. The number of hydrogen-bond acceptors (Lipinski definition) is 1. The molecule has 0 aromatic rings. The van der Waals surface area contributed by atoms with E-state index in [2.05, 4.69) is 64.2 Å². The molecule has 0 aliphatic heterocycles. The van der Waals surface area contributed by atoms with Gasteiger partial charge in [-0.25, -0.2) is 0 Å². The van der Waals surface area contributed by atoms with E-state index in [1.54, 1.807) is 0 Å². The number of halogens is 1. The van der Waals surface area contributed by atoms with Crippen LogP contribution >= 0.6 is 22.6 Å². The first-order valence-corrected chi connectivity index (χ1v) is 10.9. The maximum absolute atomic E-state index is 6.36. The molecular formula is C14H23IOSi. The molecular weight excluding hydrogens is 339 g/mol. The van der Waals surface area contributed by atoms with Crippen LogP contribution in [0.15, 0.2) is 10.2 Å². The van der Waals surface area contributed by atoms with Crippen LogP contribution in [-0.4, -0.2) is 14.4 Å². The largest absolute Gasteiger partial charge is 0.411 e. The van der Waals surface area contributed by atoms with E-state index in [0.717, 1.165) is 6.42 Å². The molecule has 0 bridgehead atoms. The summed E-state index contributed by atoms with van der Waals surface area (Å²) in [6, 6.07) is 0. The van der Waals surface area contributed by atoms with E-state index in [0.29, 0.717) is 5.41 Å². The predicted octanol–water partition coefficient (Wildman–Crippen LogP) is 4.74. The third-order valence-electron chi connectivity index (χ3n) is 3.30. The van der Waals surface area contributed by atoms with Crippen molar-refractivity contribution in [2.75, 3.05) is 0 Å². The van der Waals surface area contributed by atoms with Gasteiger partial charge in [0.15, 0.2) is 8.32 Å². The Balaban J connectivity index is 2.82. The molecule has 0 spiro atoms. The Bertz CT molecular complexity index is 328. The van der Waals surface area contributed by atoms with Crippen LogP contribution in [0.4, 0.5) is 0 Å². The summed E-state index contributed by atoms with van der Waals surface area (Å²) in [7, 11) is -1.49. The zero-order valence-corrected chi connectivity index (χ0v) is 14.5. The van der Waals surface area contributed by atoms with Crippen molar-refractivity contribution in [1.82, 2.24) is 0 Å². The molecule has 96 valence electrons. The lowest BCUT2D eigenvalue weighted by Crippen LogP contribution is -2.46. The van der Waals surface area contributed by atoms with E-state index >= 15 is 0 Å². The molecule has 3 heteroatoms. The van der Waals surface area contributed by atoms with Crippen molar-refractivity contribution in [3.63, 3.8) is 0 Å². The second-order valence-corrected chi connectivity index (χ2v) is 11.0. The van der Waals surface area contributed by atoms with Gasteiger partial charge in [-0.1, -0.05) is 35.1 Å². The smallest absolute Gasteiger partial charge is 0.184 e. The van der Waals surface area contributed by atoms with E-state index in [4.69, 9.17) is 4.43 Å². The lowest BCUT2D eigenvalue weighted by molar-refractivity contribution is 0.0105. The maximum atomic E-state index is 6.36. The molecule has 0 N–H and O–H groups in total. The van der Waals surface area contributed by atoms with Crippen LogP contribution in [0, 0.1) is 17.3 Å². The van der Waals surface area contributed by atoms with Crippen LogP contribution in [-0.2, 0) is 4.43 Å². The molecule has 17 heavy (non-hydrogen) atoms. The highest BCUT2D eigenvalue weighted by atomic mass is 127. The van der Waals surface area contributed by atoms with Crippen LogP contribution in [0.3, 0.4) is 0 Å². The molecule has 1 aliphatic rings. The van der Waals surface area contributed by atoms with Crippen molar-refractivity contribution in [1.29, 1.82) is 0 Å². The second-order valence-electron chi connectivity index (χ2n) is 5.79. The molecule has 1 saturated carbocycles. The summed E-state index contributed by atoms with van der Waals surface area (Å²) in [4.78, 5) is 0. The average molecular weight is 362 g/mol. The Morgan fingerprint density at radius 3 is 2.41 bits per heavy atom. The van der Waals surface area contributed by atoms with Crippen LogP contribution in [0.2, 0.25) is 19.6 Å². The fourth-order valence-electron chi connectivity index (χ4n) is 2.27. The SMILES string of the molecule is CC#CCC1(C(C=CI)O[Si](C)(C)C)CCC1. The number of rotatable bonds is 5. The number of hydrogen-bond donors (Lipinski definition) is 0. The first-order chi connectivity index (χ1) is 7.93. The fourth-order valence-corrected chi connectivity index (χ4v) is 3.74. The quantitative estimate of drug-likeness (QED) is 0.390. The molecule has 1 nitrogen and oxygen atoms in total. The standard InChI is InChI=1S/C14H23IOSi/c1-5-6-9-14(10-7-11-14)13(8-12-15)16-17(2,3)4/h8,12-13H,7,9-11H2,1-4H3. The highest BCUT2D eigenvalue weighted by Gasteiger charge is 2.44. The van der Waals surface area contributed by atoms with Gasteiger partial charge >= 0.3 is 0 Å². The van der Waals surface area contributed by atoms with Gasteiger partial charge in [-0.2, -0.15) is 0 Å². The minimum atomic E-state index is -1.49. The lowest BCUT2D eigenvalue weighted by atomic mass is 9.63.